The molecule has 0 bridgehead atoms. The Kier molecular flexibility index (Phi) is 5.42. The lowest BCUT2D eigenvalue weighted by molar-refractivity contribution is -0.118. The minimum absolute atomic E-state index is 0.0612. The van der Waals surface area contributed by atoms with E-state index in [4.69, 9.17) is 27.9 Å². The first-order valence-electron chi connectivity index (χ1n) is 8.86. The third kappa shape index (κ3) is 3.93. The van der Waals surface area contributed by atoms with Gasteiger partial charge in [0.1, 0.15) is 18.2 Å². The molecule has 1 heterocycles. The summed E-state index contributed by atoms with van der Waals surface area (Å²) in [5, 5.41) is 6.63. The van der Waals surface area contributed by atoms with E-state index in [2.05, 4.69) is 40.6 Å². The summed E-state index contributed by atoms with van der Waals surface area (Å²) in [6.45, 7) is 0.802. The summed E-state index contributed by atoms with van der Waals surface area (Å²) in [5.41, 5.74) is 2.90. The third-order valence-corrected chi connectivity index (χ3v) is 5.16. The molecule has 0 aliphatic carbocycles. The van der Waals surface area contributed by atoms with Gasteiger partial charge in [0.15, 0.2) is 0 Å². The molecule has 4 rings (SSSR count). The van der Waals surface area contributed by atoms with Crippen LogP contribution in [0.1, 0.15) is 11.1 Å². The van der Waals surface area contributed by atoms with E-state index in [1.165, 1.54) is 10.8 Å². The molecule has 0 unspecified atom stereocenters. The van der Waals surface area contributed by atoms with Gasteiger partial charge < -0.3 is 15.0 Å². The minimum Gasteiger partial charge on any atom is -0.487 e. The Hall–Kier alpha value is -2.69. The lowest BCUT2D eigenvalue weighted by atomic mass is 10.1. The predicted octanol–water partition coefficient (Wildman–Crippen LogP) is 5.41. The van der Waals surface area contributed by atoms with Gasteiger partial charge in [0, 0.05) is 23.6 Å². The van der Waals surface area contributed by atoms with E-state index in [-0.39, 0.29) is 11.8 Å². The van der Waals surface area contributed by atoms with E-state index in [9.17, 15) is 4.79 Å². The van der Waals surface area contributed by atoms with Gasteiger partial charge in [0.2, 0.25) is 5.91 Å². The van der Waals surface area contributed by atoms with Gasteiger partial charge in [-0.15, -0.1) is 11.6 Å². The quantitative estimate of drug-likeness (QED) is 0.416. The molecule has 1 aromatic heterocycles. The summed E-state index contributed by atoms with van der Waals surface area (Å²) >= 11 is 11.9. The lowest BCUT2D eigenvalue weighted by Crippen LogP contribution is -2.23. The molecule has 3 aromatic carbocycles. The van der Waals surface area contributed by atoms with Crippen LogP contribution in [0.3, 0.4) is 0 Å². The SMILES string of the molecule is O=C(CCl)NCc1c[nH]c2cc(Cl)c(OCc3ccc4ccccc4c3)cc12. The maximum atomic E-state index is 11.4. The molecule has 0 saturated heterocycles. The monoisotopic (exact) mass is 412 g/mol. The molecule has 142 valence electrons. The molecule has 4 aromatic rings. The van der Waals surface area contributed by atoms with Gasteiger partial charge in [-0.05, 0) is 40.1 Å². The van der Waals surface area contributed by atoms with Gasteiger partial charge in [0.25, 0.3) is 0 Å². The number of nitrogens with one attached hydrogen (secondary N) is 2. The van der Waals surface area contributed by atoms with Crippen LogP contribution in [0.4, 0.5) is 0 Å². The molecule has 0 spiro atoms. The average molecular weight is 413 g/mol. The highest BCUT2D eigenvalue weighted by atomic mass is 35.5. The Morgan fingerprint density at radius 3 is 2.71 bits per heavy atom. The molecule has 6 heteroatoms. The van der Waals surface area contributed by atoms with Crippen LogP contribution in [0.5, 0.6) is 5.75 Å². The van der Waals surface area contributed by atoms with Crippen LogP contribution in [0.25, 0.3) is 21.7 Å². The molecule has 0 fully saturated rings. The number of hydrogen-bond acceptors (Lipinski definition) is 2. The van der Waals surface area contributed by atoms with Crippen LogP contribution in [0, 0.1) is 0 Å². The summed E-state index contributed by atoms with van der Waals surface area (Å²) in [5.74, 6) is 0.332. The maximum Gasteiger partial charge on any atom is 0.235 e. The number of benzene rings is 3. The highest BCUT2D eigenvalue weighted by Crippen LogP contribution is 2.32. The second-order valence-electron chi connectivity index (χ2n) is 6.52. The smallest absolute Gasteiger partial charge is 0.235 e. The summed E-state index contributed by atoms with van der Waals surface area (Å²) in [4.78, 5) is 14.6. The van der Waals surface area contributed by atoms with E-state index in [0.717, 1.165) is 22.0 Å². The number of amides is 1. The molecule has 28 heavy (non-hydrogen) atoms. The fourth-order valence-electron chi connectivity index (χ4n) is 3.17. The Morgan fingerprint density at radius 1 is 1.07 bits per heavy atom. The first-order valence-corrected chi connectivity index (χ1v) is 9.78. The standard InChI is InChI=1S/C22H18Cl2N2O2/c23-10-22(27)26-12-17-11-25-20-9-19(24)21(8-18(17)20)28-13-14-5-6-15-3-1-2-4-16(15)7-14/h1-9,11,25H,10,12-13H2,(H,26,27). The van der Waals surface area contributed by atoms with Crippen LogP contribution < -0.4 is 10.1 Å². The van der Waals surface area contributed by atoms with Crippen LogP contribution >= 0.6 is 23.2 Å². The summed E-state index contributed by atoms with van der Waals surface area (Å²) in [6.07, 6.45) is 1.85. The number of halogens is 2. The first-order chi connectivity index (χ1) is 13.6. The van der Waals surface area contributed by atoms with Crippen molar-refractivity contribution in [1.29, 1.82) is 0 Å². The maximum absolute atomic E-state index is 11.4. The van der Waals surface area contributed by atoms with E-state index in [0.29, 0.717) is 23.9 Å². The van der Waals surface area contributed by atoms with Crippen molar-refractivity contribution in [1.82, 2.24) is 10.3 Å². The Labute approximate surface area is 172 Å². The largest absolute Gasteiger partial charge is 0.487 e. The zero-order chi connectivity index (χ0) is 19.5. The number of hydrogen-bond donors (Lipinski definition) is 2. The summed E-state index contributed by atoms with van der Waals surface area (Å²) < 4.78 is 6.00. The molecule has 0 aliphatic rings. The predicted molar refractivity (Wildman–Crippen MR) is 114 cm³/mol. The Bertz CT molecular complexity index is 1150. The summed E-state index contributed by atoms with van der Waals surface area (Å²) in [7, 11) is 0. The lowest BCUT2D eigenvalue weighted by Gasteiger charge is -2.10. The molecule has 2 N–H and O–H groups in total. The highest BCUT2D eigenvalue weighted by Gasteiger charge is 2.11. The number of ether oxygens (including phenoxy) is 1. The van der Waals surface area contributed by atoms with E-state index in [1.54, 1.807) is 0 Å². The van der Waals surface area contributed by atoms with Crippen molar-refractivity contribution in [3.63, 3.8) is 0 Å². The minimum atomic E-state index is -0.210. The number of carbonyl (C=O) groups excluding carboxylic acids is 1. The van der Waals surface area contributed by atoms with Gasteiger partial charge in [-0.1, -0.05) is 48.0 Å². The zero-order valence-electron chi connectivity index (χ0n) is 15.0. The van der Waals surface area contributed by atoms with Gasteiger partial charge >= 0.3 is 0 Å². The fourth-order valence-corrected chi connectivity index (χ4v) is 3.48. The van der Waals surface area contributed by atoms with Crippen LogP contribution in [0.15, 0.2) is 60.8 Å². The number of rotatable bonds is 6. The molecular weight excluding hydrogens is 395 g/mol. The molecule has 0 atom stereocenters. The van der Waals surface area contributed by atoms with Gasteiger partial charge in [-0.3, -0.25) is 4.79 Å². The Morgan fingerprint density at radius 2 is 1.89 bits per heavy atom. The number of carbonyl (C=O) groups is 1. The average Bonchev–Trinajstić information content (AvgIpc) is 3.11. The van der Waals surface area contributed by atoms with Crippen molar-refractivity contribution in [2.24, 2.45) is 0 Å². The molecule has 1 amide bonds. The third-order valence-electron chi connectivity index (χ3n) is 4.63. The van der Waals surface area contributed by atoms with Crippen LogP contribution in [-0.4, -0.2) is 16.8 Å². The highest BCUT2D eigenvalue weighted by molar-refractivity contribution is 6.32. The Balaban J connectivity index is 1.55. The van der Waals surface area contributed by atoms with E-state index in [1.807, 2.05) is 30.5 Å². The number of aromatic amines is 1. The van der Waals surface area contributed by atoms with Crippen molar-refractivity contribution in [3.8, 4) is 5.75 Å². The number of fused-ring (bicyclic) bond motifs is 2. The molecule has 4 nitrogen and oxygen atoms in total. The topological polar surface area (TPSA) is 54.1 Å². The number of alkyl halides is 1. The van der Waals surface area contributed by atoms with Crippen molar-refractivity contribution in [2.75, 3.05) is 5.88 Å². The molecule has 0 aliphatic heterocycles. The zero-order valence-corrected chi connectivity index (χ0v) is 16.5. The summed E-state index contributed by atoms with van der Waals surface area (Å²) in [6, 6.07) is 18.2. The van der Waals surface area contributed by atoms with E-state index >= 15 is 0 Å². The molecular formula is C22H18Cl2N2O2. The second-order valence-corrected chi connectivity index (χ2v) is 7.20. The first kappa shape index (κ1) is 18.7. The molecule has 0 saturated carbocycles. The second kappa shape index (κ2) is 8.13. The number of H-pyrrole nitrogens is 1. The van der Waals surface area contributed by atoms with Crippen molar-refractivity contribution in [2.45, 2.75) is 13.2 Å². The fraction of sp³-hybridized carbons (Fsp3) is 0.136. The molecule has 0 radical (unpaired) electrons. The van der Waals surface area contributed by atoms with Crippen molar-refractivity contribution < 1.29 is 9.53 Å². The normalized spacial score (nSPS) is 11.1. The number of aromatic nitrogens is 1. The van der Waals surface area contributed by atoms with Crippen LogP contribution in [0.2, 0.25) is 5.02 Å². The van der Waals surface area contributed by atoms with Crippen molar-refractivity contribution >= 4 is 50.8 Å². The van der Waals surface area contributed by atoms with Gasteiger partial charge in [0.05, 0.1) is 5.02 Å². The van der Waals surface area contributed by atoms with Crippen LogP contribution in [-0.2, 0) is 17.9 Å². The van der Waals surface area contributed by atoms with Crippen molar-refractivity contribution in [3.05, 3.63) is 76.9 Å². The van der Waals surface area contributed by atoms with Gasteiger partial charge in [-0.2, -0.15) is 0 Å². The van der Waals surface area contributed by atoms with Gasteiger partial charge in [-0.25, -0.2) is 0 Å². The van der Waals surface area contributed by atoms with E-state index < -0.39 is 0 Å².